The van der Waals surface area contributed by atoms with Crippen molar-refractivity contribution >= 4 is 45.8 Å². The van der Waals surface area contributed by atoms with Crippen LogP contribution in [0.1, 0.15) is 12.0 Å². The van der Waals surface area contributed by atoms with E-state index < -0.39 is 0 Å². The fourth-order valence-electron chi connectivity index (χ4n) is 2.06. The maximum Gasteiger partial charge on any atom is 0.227 e. The van der Waals surface area contributed by atoms with Gasteiger partial charge in [0.15, 0.2) is 0 Å². The highest BCUT2D eigenvalue weighted by molar-refractivity contribution is 9.10. The molecule has 1 aliphatic heterocycles. The molecular formula is C12H15BrN2OS. The number of nitrogen functional groups attached to an aromatic ring is 1. The van der Waals surface area contributed by atoms with Gasteiger partial charge >= 0.3 is 0 Å². The molecule has 1 atom stereocenters. The van der Waals surface area contributed by atoms with Crippen molar-refractivity contribution in [3.8, 4) is 0 Å². The van der Waals surface area contributed by atoms with E-state index in [9.17, 15) is 4.79 Å². The number of carbonyl (C=O) groups excluding carboxylic acids is 1. The van der Waals surface area contributed by atoms with Crippen molar-refractivity contribution in [3.63, 3.8) is 0 Å². The van der Waals surface area contributed by atoms with Gasteiger partial charge in [-0.15, -0.1) is 0 Å². The van der Waals surface area contributed by atoms with E-state index in [-0.39, 0.29) is 5.91 Å². The summed E-state index contributed by atoms with van der Waals surface area (Å²) >= 11 is 7.72. The predicted octanol–water partition coefficient (Wildman–Crippen LogP) is 2.62. The quantitative estimate of drug-likeness (QED) is 0.651. The Hall–Kier alpha value is -0.680. The first-order valence-corrected chi connectivity index (χ1v) is 6.92. The second-order valence-corrected chi connectivity index (χ2v) is 5.64. The second-order valence-electron chi connectivity index (χ2n) is 4.42. The van der Waals surface area contributed by atoms with Crippen molar-refractivity contribution in [1.29, 1.82) is 0 Å². The molecule has 0 radical (unpaired) electrons. The van der Waals surface area contributed by atoms with Crippen molar-refractivity contribution in [2.45, 2.75) is 13.3 Å². The Kier molecular flexibility index (Phi) is 3.68. The molecule has 2 N–H and O–H groups in total. The van der Waals surface area contributed by atoms with Crippen molar-refractivity contribution in [1.82, 2.24) is 0 Å². The highest BCUT2D eigenvalue weighted by Gasteiger charge is 2.30. The van der Waals surface area contributed by atoms with Crippen LogP contribution in [0.4, 0.5) is 11.4 Å². The van der Waals surface area contributed by atoms with Gasteiger partial charge in [0, 0.05) is 17.4 Å². The molecule has 0 aliphatic carbocycles. The Bertz CT molecular complexity index is 464. The summed E-state index contributed by atoms with van der Waals surface area (Å²) in [5.41, 5.74) is 8.51. The first-order valence-electron chi connectivity index (χ1n) is 5.49. The number of carbonyl (C=O) groups is 1. The molecule has 1 saturated heterocycles. The third-order valence-electron chi connectivity index (χ3n) is 3.06. The molecule has 1 heterocycles. The van der Waals surface area contributed by atoms with E-state index in [1.807, 2.05) is 19.1 Å². The molecule has 0 spiro atoms. The van der Waals surface area contributed by atoms with Gasteiger partial charge in [0.1, 0.15) is 0 Å². The van der Waals surface area contributed by atoms with Gasteiger partial charge in [0.25, 0.3) is 0 Å². The normalized spacial score (nSPS) is 20.1. The average molecular weight is 315 g/mol. The number of anilines is 2. The van der Waals surface area contributed by atoms with E-state index in [2.05, 4.69) is 28.6 Å². The van der Waals surface area contributed by atoms with Crippen molar-refractivity contribution < 1.29 is 4.79 Å². The van der Waals surface area contributed by atoms with E-state index in [0.717, 1.165) is 21.5 Å². The molecule has 0 saturated carbocycles. The lowest BCUT2D eigenvalue weighted by Gasteiger charge is -2.19. The molecule has 1 aromatic rings. The maximum atomic E-state index is 11.9. The summed E-state index contributed by atoms with van der Waals surface area (Å²) in [5, 5.41) is 0. The molecule has 0 bridgehead atoms. The number of hydrogen-bond acceptors (Lipinski definition) is 3. The maximum absolute atomic E-state index is 11.9. The molecule has 1 amide bonds. The van der Waals surface area contributed by atoms with Gasteiger partial charge < -0.3 is 10.6 Å². The lowest BCUT2D eigenvalue weighted by Crippen LogP contribution is -2.25. The Morgan fingerprint density at radius 3 is 2.88 bits per heavy atom. The molecule has 1 fully saturated rings. The molecule has 1 aromatic carbocycles. The number of thiol groups is 1. The van der Waals surface area contributed by atoms with Gasteiger partial charge in [0.05, 0.1) is 11.4 Å². The third kappa shape index (κ3) is 2.45. The van der Waals surface area contributed by atoms with Gasteiger partial charge in [-0.3, -0.25) is 4.79 Å². The molecule has 1 aliphatic rings. The number of nitrogens with two attached hydrogens (primary N) is 1. The zero-order valence-corrected chi connectivity index (χ0v) is 12.1. The zero-order valence-electron chi connectivity index (χ0n) is 9.61. The lowest BCUT2D eigenvalue weighted by atomic mass is 10.1. The Balaban J connectivity index is 2.35. The summed E-state index contributed by atoms with van der Waals surface area (Å²) in [6, 6.07) is 3.81. The molecular weight excluding hydrogens is 300 g/mol. The largest absolute Gasteiger partial charge is 0.397 e. The van der Waals surface area contributed by atoms with Crippen LogP contribution in [0.3, 0.4) is 0 Å². The fourth-order valence-corrected chi connectivity index (χ4v) is 2.64. The molecule has 1 unspecified atom stereocenters. The fraction of sp³-hybridized carbons (Fsp3) is 0.417. The van der Waals surface area contributed by atoms with E-state index >= 15 is 0 Å². The summed E-state index contributed by atoms with van der Waals surface area (Å²) in [7, 11) is 0. The summed E-state index contributed by atoms with van der Waals surface area (Å²) in [6.07, 6.45) is 0.564. The lowest BCUT2D eigenvalue weighted by molar-refractivity contribution is -0.117. The molecule has 17 heavy (non-hydrogen) atoms. The minimum absolute atomic E-state index is 0.131. The molecule has 2 rings (SSSR count). The number of nitrogens with zero attached hydrogens (tertiary/aromatic N) is 1. The van der Waals surface area contributed by atoms with Crippen LogP contribution in [-0.4, -0.2) is 18.2 Å². The van der Waals surface area contributed by atoms with Gasteiger partial charge in [-0.2, -0.15) is 12.6 Å². The number of benzene rings is 1. The highest BCUT2D eigenvalue weighted by Crippen LogP contribution is 2.34. The Labute approximate surface area is 115 Å². The van der Waals surface area contributed by atoms with Crippen molar-refractivity contribution in [2.75, 3.05) is 22.9 Å². The van der Waals surface area contributed by atoms with Crippen LogP contribution in [0.25, 0.3) is 0 Å². The summed E-state index contributed by atoms with van der Waals surface area (Å²) in [4.78, 5) is 13.7. The van der Waals surface area contributed by atoms with Crippen LogP contribution in [0.2, 0.25) is 0 Å². The minimum Gasteiger partial charge on any atom is -0.397 e. The van der Waals surface area contributed by atoms with Crippen molar-refractivity contribution in [3.05, 3.63) is 22.2 Å². The van der Waals surface area contributed by atoms with E-state index in [0.29, 0.717) is 24.6 Å². The van der Waals surface area contributed by atoms with E-state index in [1.165, 1.54) is 0 Å². The van der Waals surface area contributed by atoms with Crippen molar-refractivity contribution in [2.24, 2.45) is 5.92 Å². The summed E-state index contributed by atoms with van der Waals surface area (Å²) in [6.45, 7) is 2.69. The predicted molar refractivity (Wildman–Crippen MR) is 77.6 cm³/mol. The third-order valence-corrected chi connectivity index (χ3v) is 4.43. The minimum atomic E-state index is 0.131. The zero-order chi connectivity index (χ0) is 12.6. The number of amides is 1. The van der Waals surface area contributed by atoms with E-state index in [1.54, 1.807) is 4.90 Å². The van der Waals surface area contributed by atoms with Crippen LogP contribution in [0, 0.1) is 12.8 Å². The van der Waals surface area contributed by atoms with Gasteiger partial charge in [-0.05, 0) is 36.3 Å². The second kappa shape index (κ2) is 4.90. The first-order chi connectivity index (χ1) is 8.02. The first kappa shape index (κ1) is 12.8. The Morgan fingerprint density at radius 1 is 1.59 bits per heavy atom. The van der Waals surface area contributed by atoms with Gasteiger partial charge in [0.2, 0.25) is 5.91 Å². The van der Waals surface area contributed by atoms with Gasteiger partial charge in [-0.1, -0.05) is 15.9 Å². The molecule has 92 valence electrons. The molecule has 5 heteroatoms. The average Bonchev–Trinajstić information content (AvgIpc) is 2.65. The van der Waals surface area contributed by atoms with Crippen LogP contribution in [-0.2, 0) is 4.79 Å². The number of hydrogen-bond donors (Lipinski definition) is 2. The topological polar surface area (TPSA) is 46.3 Å². The van der Waals surface area contributed by atoms with Crippen LogP contribution < -0.4 is 10.6 Å². The Morgan fingerprint density at radius 2 is 2.29 bits per heavy atom. The van der Waals surface area contributed by atoms with E-state index in [4.69, 9.17) is 5.73 Å². The molecule has 0 aromatic heterocycles. The van der Waals surface area contributed by atoms with Gasteiger partial charge in [-0.25, -0.2) is 0 Å². The highest BCUT2D eigenvalue weighted by atomic mass is 79.9. The number of rotatable bonds is 2. The SMILES string of the molecule is Cc1cc(N)c(N2CC(CS)CC2=O)cc1Br. The number of aryl methyl sites for hydroxylation is 1. The summed E-state index contributed by atoms with van der Waals surface area (Å²) in [5.74, 6) is 1.19. The summed E-state index contributed by atoms with van der Waals surface area (Å²) < 4.78 is 0.976. The number of halogens is 1. The van der Waals surface area contributed by atoms with Crippen LogP contribution >= 0.6 is 28.6 Å². The molecule has 3 nitrogen and oxygen atoms in total. The van der Waals surface area contributed by atoms with Crippen LogP contribution in [0.5, 0.6) is 0 Å². The smallest absolute Gasteiger partial charge is 0.227 e. The van der Waals surface area contributed by atoms with Crippen LogP contribution in [0.15, 0.2) is 16.6 Å². The standard InChI is InChI=1S/C12H15BrN2OS/c1-7-2-10(14)11(4-9(7)13)15-5-8(6-17)3-12(15)16/h2,4,8,17H,3,5-6,14H2,1H3. The monoisotopic (exact) mass is 314 g/mol.